The molecule has 0 aliphatic heterocycles. The van der Waals surface area contributed by atoms with Crippen molar-refractivity contribution in [1.29, 1.82) is 0 Å². The molecule has 0 unspecified atom stereocenters. The summed E-state index contributed by atoms with van der Waals surface area (Å²) in [5.74, 6) is -0.584. The zero-order valence-corrected chi connectivity index (χ0v) is 10.9. The summed E-state index contributed by atoms with van der Waals surface area (Å²) in [6.45, 7) is 2.95. The highest BCUT2D eigenvalue weighted by molar-refractivity contribution is 7.89. The predicted molar refractivity (Wildman–Crippen MR) is 62.5 cm³/mol. The average molecular weight is 285 g/mol. The molecule has 102 valence electrons. The lowest BCUT2D eigenvalue weighted by atomic mass is 10.4. The molecule has 2 rings (SSSR count). The van der Waals surface area contributed by atoms with Gasteiger partial charge in [0, 0.05) is 0 Å². The van der Waals surface area contributed by atoms with Gasteiger partial charge < -0.3 is 8.94 Å². The Morgan fingerprint density at radius 2 is 2.11 bits per heavy atom. The van der Waals surface area contributed by atoms with Gasteiger partial charge in [0.2, 0.25) is 0 Å². The monoisotopic (exact) mass is 285 g/mol. The molecule has 9 heteroatoms. The molecule has 2 N–H and O–H groups in total. The number of carbonyl (C=O) groups is 1. The largest absolute Gasteiger partial charge is 0.459 e. The first kappa shape index (κ1) is 13.3. The summed E-state index contributed by atoms with van der Waals surface area (Å²) >= 11 is 0. The zero-order valence-electron chi connectivity index (χ0n) is 10.1. The average Bonchev–Trinajstić information content (AvgIpc) is 2.96. The summed E-state index contributed by atoms with van der Waals surface area (Å²) in [7, 11) is -3.94. The molecular formula is C10H11N3O5S. The predicted octanol–water partition coefficient (Wildman–Crippen LogP) is 0.508. The Labute approximate surface area is 108 Å². The lowest BCUT2D eigenvalue weighted by Gasteiger charge is -2.06. The van der Waals surface area contributed by atoms with E-state index in [0.717, 1.165) is 0 Å². The van der Waals surface area contributed by atoms with E-state index >= 15 is 0 Å². The number of hydrogen-bond acceptors (Lipinski definition) is 6. The number of aromatic nitrogens is 1. The van der Waals surface area contributed by atoms with Crippen LogP contribution in [0.5, 0.6) is 0 Å². The van der Waals surface area contributed by atoms with Crippen LogP contribution in [0.4, 0.5) is 0 Å². The molecule has 0 spiro atoms. The maximum atomic E-state index is 12.0. The summed E-state index contributed by atoms with van der Waals surface area (Å²) in [6.07, 6.45) is 1.30. The van der Waals surface area contributed by atoms with Crippen LogP contribution in [0.3, 0.4) is 0 Å². The van der Waals surface area contributed by atoms with Gasteiger partial charge in [-0.15, -0.1) is 4.83 Å². The van der Waals surface area contributed by atoms with E-state index in [-0.39, 0.29) is 22.1 Å². The third kappa shape index (κ3) is 2.66. The second-order valence-electron chi connectivity index (χ2n) is 3.69. The molecule has 19 heavy (non-hydrogen) atoms. The van der Waals surface area contributed by atoms with Crippen LogP contribution >= 0.6 is 0 Å². The van der Waals surface area contributed by atoms with Crippen LogP contribution in [0.25, 0.3) is 0 Å². The van der Waals surface area contributed by atoms with Crippen molar-refractivity contribution in [3.8, 4) is 0 Å². The van der Waals surface area contributed by atoms with E-state index in [1.165, 1.54) is 32.2 Å². The molecule has 0 aliphatic carbocycles. The van der Waals surface area contributed by atoms with E-state index in [1.807, 2.05) is 10.3 Å². The minimum absolute atomic E-state index is 0.0125. The highest BCUT2D eigenvalue weighted by atomic mass is 32.2. The first-order chi connectivity index (χ1) is 8.92. The van der Waals surface area contributed by atoms with Gasteiger partial charge in [0.1, 0.15) is 10.6 Å². The third-order valence-corrected chi connectivity index (χ3v) is 3.77. The number of carbonyl (C=O) groups excluding carboxylic acids is 1. The van der Waals surface area contributed by atoms with E-state index < -0.39 is 15.9 Å². The molecule has 1 amide bonds. The van der Waals surface area contributed by atoms with Crippen LogP contribution in [0.1, 0.15) is 22.0 Å². The van der Waals surface area contributed by atoms with Crippen molar-refractivity contribution >= 4 is 15.9 Å². The molecule has 0 atom stereocenters. The minimum Gasteiger partial charge on any atom is -0.459 e. The second-order valence-corrected chi connectivity index (χ2v) is 5.31. The number of aryl methyl sites for hydroxylation is 2. The second kappa shape index (κ2) is 4.86. The van der Waals surface area contributed by atoms with E-state index in [1.54, 1.807) is 0 Å². The molecule has 2 aromatic heterocycles. The van der Waals surface area contributed by atoms with Gasteiger partial charge in [0.05, 0.1) is 6.26 Å². The number of amides is 1. The summed E-state index contributed by atoms with van der Waals surface area (Å²) in [4.78, 5) is 13.4. The Kier molecular flexibility index (Phi) is 3.40. The SMILES string of the molecule is Cc1noc(C)c1S(=O)(=O)NNC(=O)c1ccco1. The lowest BCUT2D eigenvalue weighted by Crippen LogP contribution is -2.41. The normalized spacial score (nSPS) is 11.5. The molecule has 0 aliphatic rings. The molecule has 2 aromatic rings. The fraction of sp³-hybridized carbons (Fsp3) is 0.200. The quantitative estimate of drug-likeness (QED) is 0.791. The Morgan fingerprint density at radius 1 is 1.37 bits per heavy atom. The molecule has 0 bridgehead atoms. The molecular weight excluding hydrogens is 274 g/mol. The Bertz CT molecular complexity index is 667. The van der Waals surface area contributed by atoms with Gasteiger partial charge in [0.25, 0.3) is 10.0 Å². The minimum atomic E-state index is -3.94. The Morgan fingerprint density at radius 3 is 2.63 bits per heavy atom. The number of nitrogens with one attached hydrogen (secondary N) is 2. The number of hydrazine groups is 1. The summed E-state index contributed by atoms with van der Waals surface area (Å²) in [5, 5.41) is 3.53. The molecule has 0 aromatic carbocycles. The molecule has 0 fully saturated rings. The first-order valence-electron chi connectivity index (χ1n) is 5.20. The van der Waals surface area contributed by atoms with Crippen molar-refractivity contribution < 1.29 is 22.2 Å². The number of furan rings is 1. The molecule has 0 radical (unpaired) electrons. The van der Waals surface area contributed by atoms with Crippen LogP contribution in [0.15, 0.2) is 32.2 Å². The number of rotatable bonds is 4. The third-order valence-electron chi connectivity index (χ3n) is 2.28. The van der Waals surface area contributed by atoms with Gasteiger partial charge in [-0.25, -0.2) is 8.42 Å². The number of nitrogens with zero attached hydrogens (tertiary/aromatic N) is 1. The highest BCUT2D eigenvalue weighted by Crippen LogP contribution is 2.17. The summed E-state index contributed by atoms with van der Waals surface area (Å²) in [5.41, 5.74) is 2.23. The number of hydrogen-bond donors (Lipinski definition) is 2. The highest BCUT2D eigenvalue weighted by Gasteiger charge is 2.25. The smallest absolute Gasteiger partial charge is 0.301 e. The first-order valence-corrected chi connectivity index (χ1v) is 6.68. The van der Waals surface area contributed by atoms with Gasteiger partial charge in [-0.2, -0.15) is 0 Å². The number of sulfonamides is 1. The van der Waals surface area contributed by atoms with Crippen molar-refractivity contribution in [2.24, 2.45) is 0 Å². The zero-order chi connectivity index (χ0) is 14.0. The Hall–Kier alpha value is -2.13. The van der Waals surface area contributed by atoms with Crippen molar-refractivity contribution in [1.82, 2.24) is 15.4 Å². The molecule has 0 saturated heterocycles. The van der Waals surface area contributed by atoms with E-state index in [2.05, 4.69) is 5.16 Å². The maximum absolute atomic E-state index is 12.0. The van der Waals surface area contributed by atoms with Gasteiger partial charge in [-0.3, -0.25) is 10.2 Å². The standard InChI is InChI=1S/C10H11N3O5S/c1-6-9(7(2)18-12-6)19(15,16)13-11-10(14)8-4-3-5-17-8/h3-5,13H,1-2H3,(H,11,14). The fourth-order valence-corrected chi connectivity index (χ4v) is 2.66. The van der Waals surface area contributed by atoms with Crippen molar-refractivity contribution in [2.75, 3.05) is 0 Å². The molecule has 8 nitrogen and oxygen atoms in total. The van der Waals surface area contributed by atoms with Gasteiger partial charge in [0.15, 0.2) is 11.5 Å². The van der Waals surface area contributed by atoms with E-state index in [0.29, 0.717) is 0 Å². The van der Waals surface area contributed by atoms with Crippen LogP contribution < -0.4 is 10.3 Å². The van der Waals surface area contributed by atoms with E-state index in [9.17, 15) is 13.2 Å². The van der Waals surface area contributed by atoms with Crippen molar-refractivity contribution in [2.45, 2.75) is 18.7 Å². The van der Waals surface area contributed by atoms with Crippen LogP contribution in [0.2, 0.25) is 0 Å². The lowest BCUT2D eigenvalue weighted by molar-refractivity contribution is 0.0917. The van der Waals surface area contributed by atoms with E-state index in [4.69, 9.17) is 8.94 Å². The Balaban J connectivity index is 2.13. The van der Waals surface area contributed by atoms with Gasteiger partial charge in [-0.05, 0) is 26.0 Å². The van der Waals surface area contributed by atoms with Gasteiger partial charge in [-0.1, -0.05) is 5.16 Å². The summed E-state index contributed by atoms with van der Waals surface area (Å²) < 4.78 is 33.5. The maximum Gasteiger partial charge on any atom is 0.301 e. The van der Waals surface area contributed by atoms with Crippen LogP contribution in [-0.2, 0) is 10.0 Å². The summed E-state index contributed by atoms with van der Waals surface area (Å²) in [6, 6.07) is 2.91. The van der Waals surface area contributed by atoms with Crippen molar-refractivity contribution in [3.05, 3.63) is 35.6 Å². The topological polar surface area (TPSA) is 114 Å². The van der Waals surface area contributed by atoms with Crippen LogP contribution in [-0.4, -0.2) is 19.5 Å². The van der Waals surface area contributed by atoms with Crippen molar-refractivity contribution in [3.63, 3.8) is 0 Å². The van der Waals surface area contributed by atoms with Gasteiger partial charge >= 0.3 is 5.91 Å². The fourth-order valence-electron chi connectivity index (χ4n) is 1.49. The van der Waals surface area contributed by atoms with Crippen LogP contribution in [0, 0.1) is 13.8 Å². The molecule has 0 saturated carbocycles. The molecule has 2 heterocycles.